The molecule has 12 heteroatoms. The number of benzene rings is 2. The van der Waals surface area contributed by atoms with Gasteiger partial charge in [0.2, 0.25) is 0 Å². The first-order valence-electron chi connectivity index (χ1n) is 18.0. The number of carbonyl (C=O) groups excluding carboxylic acids is 4. The summed E-state index contributed by atoms with van der Waals surface area (Å²) in [6, 6.07) is 13.9. The van der Waals surface area contributed by atoms with E-state index < -0.39 is 24.2 Å². The van der Waals surface area contributed by atoms with Crippen LogP contribution in [0.25, 0.3) is 0 Å². The molecule has 0 spiro atoms. The highest BCUT2D eigenvalue weighted by atomic mass is 17.5. The fourth-order valence-electron chi connectivity index (χ4n) is 5.12. The highest BCUT2D eigenvalue weighted by Gasteiger charge is 2.13. The van der Waals surface area contributed by atoms with Crippen molar-refractivity contribution in [3.8, 4) is 0 Å². The Hall–Kier alpha value is -4.16. The molecule has 50 heavy (non-hydrogen) atoms. The second-order valence-corrected chi connectivity index (χ2v) is 12.1. The largest absolute Gasteiger partial charge is 0.543 e. The van der Waals surface area contributed by atoms with Gasteiger partial charge in [-0.2, -0.15) is 0 Å². The predicted octanol–water partition coefficient (Wildman–Crippen LogP) is 10.1. The Morgan fingerprint density at radius 3 is 1.02 bits per heavy atom. The summed E-state index contributed by atoms with van der Waals surface area (Å²) in [4.78, 5) is 64.5. The summed E-state index contributed by atoms with van der Waals surface area (Å²) in [6.45, 7) is 4.57. The molecular formula is C38H54O12. The molecule has 0 atom stereocenters. The van der Waals surface area contributed by atoms with Gasteiger partial charge in [-0.3, -0.25) is 9.78 Å². The van der Waals surface area contributed by atoms with E-state index in [1.54, 1.807) is 24.3 Å². The highest BCUT2D eigenvalue weighted by molar-refractivity contribution is 5.89. The molecule has 0 saturated heterocycles. The third-order valence-electron chi connectivity index (χ3n) is 7.86. The van der Waals surface area contributed by atoms with Gasteiger partial charge in [0.05, 0.1) is 34.4 Å². The van der Waals surface area contributed by atoms with Crippen LogP contribution in [0.5, 0.6) is 0 Å². The highest BCUT2D eigenvalue weighted by Crippen LogP contribution is 2.14. The van der Waals surface area contributed by atoms with Gasteiger partial charge < -0.3 is 9.47 Å². The minimum Gasteiger partial charge on any atom is -0.432 e. The van der Waals surface area contributed by atoms with Crippen LogP contribution in [0.1, 0.15) is 148 Å². The molecule has 0 unspecified atom stereocenters. The Kier molecular flexibility index (Phi) is 23.2. The van der Waals surface area contributed by atoms with Crippen LogP contribution in [0.15, 0.2) is 48.5 Å². The van der Waals surface area contributed by atoms with E-state index in [0.717, 1.165) is 88.2 Å². The first kappa shape index (κ1) is 42.0. The summed E-state index contributed by atoms with van der Waals surface area (Å²) < 4.78 is 9.84. The fraction of sp³-hybridized carbons (Fsp3) is 0.579. The fourth-order valence-corrected chi connectivity index (χ4v) is 5.12. The molecule has 0 aliphatic rings. The van der Waals surface area contributed by atoms with Gasteiger partial charge in [-0.1, -0.05) is 128 Å². The lowest BCUT2D eigenvalue weighted by Gasteiger charge is -2.06. The second-order valence-electron chi connectivity index (χ2n) is 12.1. The Morgan fingerprint density at radius 1 is 0.420 bits per heavy atom. The number of carbonyl (C=O) groups is 4. The van der Waals surface area contributed by atoms with Crippen molar-refractivity contribution in [3.05, 3.63) is 70.8 Å². The molecule has 0 amide bonds. The van der Waals surface area contributed by atoms with E-state index in [0.29, 0.717) is 0 Å². The molecule has 0 aliphatic heterocycles. The summed E-state index contributed by atoms with van der Waals surface area (Å²) in [5, 5.41) is 8.51. The zero-order chi connectivity index (χ0) is 36.1. The SMILES string of the molecule is CCCc1ccc(C(=O)OOOC(=O)OCCCCCCCCCCCCCCCCOC(=O)OOOC(=O)c2ccc(CCC)cc2)cc1. The third kappa shape index (κ3) is 20.4. The van der Waals surface area contributed by atoms with Gasteiger partial charge in [-0.15, -0.1) is 0 Å². The maximum absolute atomic E-state index is 11.9. The molecule has 0 N–H and O–H groups in total. The lowest BCUT2D eigenvalue weighted by Crippen LogP contribution is -2.12. The molecule has 0 heterocycles. The molecule has 278 valence electrons. The van der Waals surface area contributed by atoms with E-state index in [1.165, 1.54) is 38.5 Å². The maximum atomic E-state index is 11.9. The van der Waals surface area contributed by atoms with Crippen LogP contribution in [0.3, 0.4) is 0 Å². The molecule has 0 saturated carbocycles. The van der Waals surface area contributed by atoms with Crippen molar-refractivity contribution in [1.82, 2.24) is 0 Å². The average molecular weight is 703 g/mol. The number of ether oxygens (including phenoxy) is 2. The number of hydrogen-bond donors (Lipinski definition) is 0. The van der Waals surface area contributed by atoms with E-state index >= 15 is 0 Å². The van der Waals surface area contributed by atoms with Gasteiger partial charge in [0.25, 0.3) is 0 Å². The normalized spacial score (nSPS) is 10.7. The summed E-state index contributed by atoms with van der Waals surface area (Å²) in [6.07, 6.45) is 16.8. The number of aryl methyl sites for hydroxylation is 2. The molecule has 0 fully saturated rings. The summed E-state index contributed by atoms with van der Waals surface area (Å²) in [7, 11) is 0. The molecule has 2 aromatic carbocycles. The molecule has 0 radical (unpaired) electrons. The monoisotopic (exact) mass is 702 g/mol. The Morgan fingerprint density at radius 2 is 0.720 bits per heavy atom. The van der Waals surface area contributed by atoms with E-state index in [1.807, 2.05) is 24.3 Å². The minimum atomic E-state index is -1.06. The third-order valence-corrected chi connectivity index (χ3v) is 7.86. The minimum absolute atomic E-state index is 0.206. The molecule has 0 bridgehead atoms. The number of hydrogen-bond acceptors (Lipinski definition) is 12. The van der Waals surface area contributed by atoms with Crippen molar-refractivity contribution in [3.63, 3.8) is 0 Å². The van der Waals surface area contributed by atoms with Crippen molar-refractivity contribution >= 4 is 24.2 Å². The van der Waals surface area contributed by atoms with Gasteiger partial charge >= 0.3 is 24.2 Å². The summed E-state index contributed by atoms with van der Waals surface area (Å²) in [5.74, 6) is -1.53. The van der Waals surface area contributed by atoms with Gasteiger partial charge in [-0.25, -0.2) is 29.0 Å². The van der Waals surface area contributed by atoms with E-state index in [4.69, 9.17) is 9.47 Å². The van der Waals surface area contributed by atoms with Crippen LogP contribution in [-0.4, -0.2) is 37.5 Å². The molecule has 2 rings (SSSR count). The quantitative estimate of drug-likeness (QED) is 0.0378. The van der Waals surface area contributed by atoms with Crippen molar-refractivity contribution in [2.24, 2.45) is 0 Å². The first-order valence-corrected chi connectivity index (χ1v) is 18.0. The molecule has 0 aliphatic carbocycles. The van der Waals surface area contributed by atoms with Crippen molar-refractivity contribution in [2.75, 3.05) is 13.2 Å². The topological polar surface area (TPSA) is 142 Å². The van der Waals surface area contributed by atoms with Crippen LogP contribution in [-0.2, 0) is 51.9 Å². The Bertz CT molecular complexity index is 1120. The lowest BCUT2D eigenvalue weighted by molar-refractivity contribution is -0.452. The zero-order valence-corrected chi connectivity index (χ0v) is 29.7. The van der Waals surface area contributed by atoms with Crippen LogP contribution < -0.4 is 0 Å². The van der Waals surface area contributed by atoms with Crippen molar-refractivity contribution in [2.45, 2.75) is 129 Å². The summed E-state index contributed by atoms with van der Waals surface area (Å²) >= 11 is 0. The average Bonchev–Trinajstić information content (AvgIpc) is 3.12. The standard InChI is InChI=1S/C38H54O12/c1-3-19-31-21-25-33(26-22-31)35(39)45-49-47-37(41)43-29-17-15-13-11-9-7-5-6-8-10-12-14-16-18-30-44-38(42)48-50-46-36(40)34-27-23-32(20-4-2)24-28-34/h21-28H,3-20,29-30H2,1-2H3. The van der Waals surface area contributed by atoms with Crippen LogP contribution in [0, 0.1) is 0 Å². The molecule has 0 aromatic heterocycles. The Labute approximate surface area is 295 Å². The molecule has 2 aromatic rings. The smallest absolute Gasteiger partial charge is 0.432 e. The maximum Gasteiger partial charge on any atom is 0.543 e. The number of unbranched alkanes of at least 4 members (excludes halogenated alkanes) is 13. The first-order chi connectivity index (χ1) is 24.4. The van der Waals surface area contributed by atoms with Gasteiger partial charge in [0, 0.05) is 0 Å². The van der Waals surface area contributed by atoms with Crippen molar-refractivity contribution in [1.29, 1.82) is 0 Å². The number of rotatable bonds is 27. The zero-order valence-electron chi connectivity index (χ0n) is 29.7. The Balaban J connectivity index is 1.28. The molecular weight excluding hydrogens is 648 g/mol. The van der Waals surface area contributed by atoms with Gasteiger partial charge in [0.15, 0.2) is 0 Å². The lowest BCUT2D eigenvalue weighted by atomic mass is 10.0. The molecule has 12 nitrogen and oxygen atoms in total. The van der Waals surface area contributed by atoms with E-state index in [2.05, 4.69) is 43.5 Å². The van der Waals surface area contributed by atoms with E-state index in [-0.39, 0.29) is 24.3 Å². The van der Waals surface area contributed by atoms with Crippen LogP contribution in [0.2, 0.25) is 0 Å². The predicted molar refractivity (Wildman–Crippen MR) is 183 cm³/mol. The second kappa shape index (κ2) is 27.6. The van der Waals surface area contributed by atoms with Crippen LogP contribution >= 0.6 is 0 Å². The van der Waals surface area contributed by atoms with Crippen LogP contribution in [0.4, 0.5) is 9.59 Å². The van der Waals surface area contributed by atoms with Gasteiger partial charge in [0.1, 0.15) is 0 Å². The van der Waals surface area contributed by atoms with Gasteiger partial charge in [-0.05, 0) is 61.1 Å². The summed E-state index contributed by atoms with van der Waals surface area (Å²) in [5.41, 5.74) is 2.81. The van der Waals surface area contributed by atoms with E-state index in [9.17, 15) is 19.2 Å². The van der Waals surface area contributed by atoms with Crippen molar-refractivity contribution < 1.29 is 58.3 Å².